The van der Waals surface area contributed by atoms with Gasteiger partial charge in [-0.2, -0.15) is 0 Å². The minimum Gasteiger partial charge on any atom is -0.291 e. The molecule has 1 saturated carbocycles. The summed E-state index contributed by atoms with van der Waals surface area (Å²) < 4.78 is 26.2. The van der Waals surface area contributed by atoms with E-state index < -0.39 is 18.3 Å². The van der Waals surface area contributed by atoms with Crippen molar-refractivity contribution in [3.63, 3.8) is 0 Å². The maximum atomic E-state index is 13.9. The molecule has 3 heteroatoms. The Balaban J connectivity index is 2.04. The van der Waals surface area contributed by atoms with Crippen LogP contribution in [-0.2, 0) is 0 Å². The smallest absolute Gasteiger partial charge is 0.196 e. The fourth-order valence-electron chi connectivity index (χ4n) is 3.28. The number of benzene rings is 1. The van der Waals surface area contributed by atoms with Crippen LogP contribution in [0.25, 0.3) is 0 Å². The van der Waals surface area contributed by atoms with Crippen molar-refractivity contribution in [2.24, 2.45) is 5.92 Å². The van der Waals surface area contributed by atoms with E-state index in [-0.39, 0.29) is 5.56 Å². The van der Waals surface area contributed by atoms with Crippen LogP contribution in [0.4, 0.5) is 8.78 Å². The third kappa shape index (κ3) is 3.44. The highest BCUT2D eigenvalue weighted by Crippen LogP contribution is 2.37. The number of hydrogen-bond acceptors (Lipinski definition) is 1. The lowest BCUT2D eigenvalue weighted by Gasteiger charge is -2.28. The zero-order valence-electron chi connectivity index (χ0n) is 12.0. The van der Waals surface area contributed by atoms with Gasteiger partial charge < -0.3 is 0 Å². The molecule has 1 aromatic carbocycles. The van der Waals surface area contributed by atoms with Crippen LogP contribution < -0.4 is 0 Å². The van der Waals surface area contributed by atoms with Gasteiger partial charge in [0, 0.05) is 0 Å². The van der Waals surface area contributed by atoms with Crippen LogP contribution in [0.15, 0.2) is 18.2 Å². The molecule has 0 N–H and O–H groups in total. The van der Waals surface area contributed by atoms with Crippen molar-refractivity contribution in [1.29, 1.82) is 0 Å². The van der Waals surface area contributed by atoms with E-state index >= 15 is 0 Å². The van der Waals surface area contributed by atoms with E-state index in [2.05, 4.69) is 6.92 Å². The van der Waals surface area contributed by atoms with Gasteiger partial charge in [0.2, 0.25) is 0 Å². The van der Waals surface area contributed by atoms with Crippen LogP contribution in [-0.4, -0.2) is 12.5 Å². The molecule has 0 bridgehead atoms. The molecule has 0 radical (unpaired) electrons. The number of Topliss-reactive ketones (excluding diaryl/α,β-unsaturated/α-hetero) is 1. The number of carbonyl (C=O) groups excluding carboxylic acids is 1. The summed E-state index contributed by atoms with van der Waals surface area (Å²) in [5, 5.41) is 0. The van der Waals surface area contributed by atoms with Crippen molar-refractivity contribution in [3.05, 3.63) is 35.1 Å². The number of halogens is 2. The Labute approximate surface area is 119 Å². The SMILES string of the molecule is CCCC1CCC(c2ccc(C(=O)CF)c(F)c2)CC1. The standard InChI is InChI=1S/C17H22F2O/c1-2-3-12-4-6-13(7-5-12)14-8-9-15(16(19)10-14)17(20)11-18/h8-10,12-13H,2-7,11H2,1H3. The number of rotatable bonds is 5. The molecule has 0 spiro atoms. The number of ketones is 1. The van der Waals surface area contributed by atoms with Gasteiger partial charge in [0.1, 0.15) is 5.82 Å². The molecule has 20 heavy (non-hydrogen) atoms. The quantitative estimate of drug-likeness (QED) is 0.690. The minimum atomic E-state index is -1.14. The van der Waals surface area contributed by atoms with E-state index in [1.54, 1.807) is 6.07 Å². The normalized spacial score (nSPS) is 22.8. The summed E-state index contributed by atoms with van der Waals surface area (Å²) in [6, 6.07) is 4.65. The molecule has 0 aromatic heterocycles. The van der Waals surface area contributed by atoms with Gasteiger partial charge in [-0.25, -0.2) is 8.78 Å². The molecule has 1 aromatic rings. The van der Waals surface area contributed by atoms with Gasteiger partial charge in [0.15, 0.2) is 12.5 Å². The Morgan fingerprint density at radius 3 is 2.50 bits per heavy atom. The van der Waals surface area contributed by atoms with Crippen molar-refractivity contribution in [3.8, 4) is 0 Å². The third-order valence-electron chi connectivity index (χ3n) is 4.43. The van der Waals surface area contributed by atoms with Gasteiger partial charge >= 0.3 is 0 Å². The van der Waals surface area contributed by atoms with Crippen LogP contribution >= 0.6 is 0 Å². The number of hydrogen-bond donors (Lipinski definition) is 0. The molecule has 1 aliphatic rings. The van der Waals surface area contributed by atoms with Crippen molar-refractivity contribution in [2.75, 3.05) is 6.67 Å². The molecular formula is C17H22F2O. The molecule has 0 heterocycles. The monoisotopic (exact) mass is 280 g/mol. The highest BCUT2D eigenvalue weighted by Gasteiger charge is 2.23. The van der Waals surface area contributed by atoms with E-state index in [1.807, 2.05) is 0 Å². The fourth-order valence-corrected chi connectivity index (χ4v) is 3.28. The molecule has 1 nitrogen and oxygen atoms in total. The lowest BCUT2D eigenvalue weighted by atomic mass is 9.77. The van der Waals surface area contributed by atoms with Crippen LogP contribution in [0.1, 0.15) is 67.3 Å². The second-order valence-corrected chi connectivity index (χ2v) is 5.80. The molecule has 2 rings (SSSR count). The number of carbonyl (C=O) groups is 1. The van der Waals surface area contributed by atoms with E-state index in [0.717, 1.165) is 24.3 Å². The van der Waals surface area contributed by atoms with Crippen molar-refractivity contribution < 1.29 is 13.6 Å². The lowest BCUT2D eigenvalue weighted by molar-refractivity contribution is 0.0954. The van der Waals surface area contributed by atoms with Gasteiger partial charge in [0.05, 0.1) is 5.56 Å². The van der Waals surface area contributed by atoms with Crippen LogP contribution in [0.2, 0.25) is 0 Å². The summed E-state index contributed by atoms with van der Waals surface area (Å²) in [7, 11) is 0. The summed E-state index contributed by atoms with van der Waals surface area (Å²) in [5.41, 5.74) is 0.823. The van der Waals surface area contributed by atoms with E-state index in [4.69, 9.17) is 0 Å². The zero-order valence-corrected chi connectivity index (χ0v) is 12.0. The average Bonchev–Trinajstić information content (AvgIpc) is 2.47. The first-order valence-electron chi connectivity index (χ1n) is 7.54. The van der Waals surface area contributed by atoms with E-state index in [0.29, 0.717) is 5.92 Å². The summed E-state index contributed by atoms with van der Waals surface area (Å²) >= 11 is 0. The third-order valence-corrected chi connectivity index (χ3v) is 4.43. The average molecular weight is 280 g/mol. The largest absolute Gasteiger partial charge is 0.291 e. The topological polar surface area (TPSA) is 17.1 Å². The molecular weight excluding hydrogens is 258 g/mol. The van der Waals surface area contributed by atoms with Gasteiger partial charge in [0.25, 0.3) is 0 Å². The Hall–Kier alpha value is -1.25. The van der Waals surface area contributed by atoms with E-state index in [9.17, 15) is 13.6 Å². The first-order chi connectivity index (χ1) is 9.65. The van der Waals surface area contributed by atoms with Crippen molar-refractivity contribution >= 4 is 5.78 Å². The number of alkyl halides is 1. The van der Waals surface area contributed by atoms with Gasteiger partial charge in [-0.05, 0) is 55.2 Å². The highest BCUT2D eigenvalue weighted by molar-refractivity contribution is 5.97. The fraction of sp³-hybridized carbons (Fsp3) is 0.588. The second-order valence-electron chi connectivity index (χ2n) is 5.80. The molecule has 0 amide bonds. The Bertz CT molecular complexity index is 462. The highest BCUT2D eigenvalue weighted by atomic mass is 19.1. The predicted octanol–water partition coefficient (Wildman–Crippen LogP) is 5.05. The molecule has 0 atom stereocenters. The molecule has 0 aliphatic heterocycles. The van der Waals surface area contributed by atoms with E-state index in [1.165, 1.54) is 37.8 Å². The van der Waals surface area contributed by atoms with Crippen molar-refractivity contribution in [1.82, 2.24) is 0 Å². The summed E-state index contributed by atoms with van der Waals surface area (Å²) in [6.45, 7) is 1.07. The lowest BCUT2D eigenvalue weighted by Crippen LogP contribution is -2.14. The first-order valence-corrected chi connectivity index (χ1v) is 7.54. The predicted molar refractivity (Wildman–Crippen MR) is 76.3 cm³/mol. The molecule has 0 saturated heterocycles. The molecule has 0 unspecified atom stereocenters. The molecule has 1 aliphatic carbocycles. The van der Waals surface area contributed by atoms with Crippen LogP contribution in [0, 0.1) is 11.7 Å². The van der Waals surface area contributed by atoms with Crippen LogP contribution in [0.3, 0.4) is 0 Å². The first kappa shape index (κ1) is 15.1. The summed E-state index contributed by atoms with van der Waals surface area (Å²) in [5.74, 6) is -0.165. The van der Waals surface area contributed by atoms with Crippen LogP contribution in [0.5, 0.6) is 0 Å². The maximum Gasteiger partial charge on any atom is 0.196 e. The van der Waals surface area contributed by atoms with Crippen molar-refractivity contribution in [2.45, 2.75) is 51.4 Å². The zero-order chi connectivity index (χ0) is 14.5. The summed E-state index contributed by atoms with van der Waals surface area (Å²) in [6.07, 6.45) is 7.08. The van der Waals surface area contributed by atoms with Gasteiger partial charge in [-0.1, -0.05) is 25.8 Å². The second kappa shape index (κ2) is 6.96. The van der Waals surface area contributed by atoms with Gasteiger partial charge in [-0.3, -0.25) is 4.79 Å². The Kier molecular flexibility index (Phi) is 5.27. The summed E-state index contributed by atoms with van der Waals surface area (Å²) in [4.78, 5) is 11.2. The Morgan fingerprint density at radius 1 is 1.25 bits per heavy atom. The molecule has 110 valence electrons. The maximum absolute atomic E-state index is 13.9. The Morgan fingerprint density at radius 2 is 1.95 bits per heavy atom. The minimum absolute atomic E-state index is 0.129. The van der Waals surface area contributed by atoms with Gasteiger partial charge in [-0.15, -0.1) is 0 Å². The molecule has 1 fully saturated rings.